The highest BCUT2D eigenvalue weighted by molar-refractivity contribution is 6.02. The van der Waals surface area contributed by atoms with E-state index in [9.17, 15) is 4.79 Å². The summed E-state index contributed by atoms with van der Waals surface area (Å²) in [5.74, 6) is -0.403. The number of rotatable bonds is 6. The van der Waals surface area contributed by atoms with Gasteiger partial charge in [-0.1, -0.05) is 18.2 Å². The van der Waals surface area contributed by atoms with Gasteiger partial charge in [-0.05, 0) is 32.4 Å². The minimum absolute atomic E-state index is 0.324. The lowest BCUT2D eigenvalue weighted by Gasteiger charge is -2.23. The van der Waals surface area contributed by atoms with Crippen molar-refractivity contribution in [2.24, 2.45) is 0 Å². The zero-order chi connectivity index (χ0) is 17.9. The fraction of sp³-hybridized carbons (Fsp3) is 0.474. The molecule has 0 amide bonds. The Morgan fingerprint density at radius 1 is 1.32 bits per heavy atom. The van der Waals surface area contributed by atoms with Crippen LogP contribution in [0.2, 0.25) is 0 Å². The number of pyridine rings is 1. The van der Waals surface area contributed by atoms with Crippen LogP contribution < -0.4 is 5.32 Å². The number of nitrogens with zero attached hydrogens (tertiary/aromatic N) is 1. The third kappa shape index (κ3) is 3.75. The number of ether oxygens (including phenoxy) is 3. The number of hydrogen-bond donors (Lipinski definition) is 1. The normalized spacial score (nSPS) is 16.1. The fourth-order valence-electron chi connectivity index (χ4n) is 3.07. The molecular formula is C19H24N2O4. The van der Waals surface area contributed by atoms with E-state index in [1.54, 1.807) is 6.92 Å². The van der Waals surface area contributed by atoms with Crippen LogP contribution in [0.1, 0.15) is 36.2 Å². The van der Waals surface area contributed by atoms with Crippen molar-refractivity contribution in [2.75, 3.05) is 31.7 Å². The van der Waals surface area contributed by atoms with Crippen LogP contribution in [0.15, 0.2) is 24.3 Å². The minimum Gasteiger partial charge on any atom is -0.462 e. The molecule has 1 aromatic heterocycles. The van der Waals surface area contributed by atoms with Gasteiger partial charge < -0.3 is 19.5 Å². The monoisotopic (exact) mass is 344 g/mol. The molecule has 2 heterocycles. The van der Waals surface area contributed by atoms with Crippen LogP contribution in [0, 0.1) is 6.92 Å². The summed E-state index contributed by atoms with van der Waals surface area (Å²) < 4.78 is 16.5. The molecular weight excluding hydrogens is 320 g/mol. The molecule has 134 valence electrons. The molecule has 0 unspecified atom stereocenters. The zero-order valence-electron chi connectivity index (χ0n) is 14.9. The third-order valence-corrected chi connectivity index (χ3v) is 4.40. The molecule has 0 bridgehead atoms. The number of aromatic nitrogens is 1. The molecule has 0 atom stereocenters. The first kappa shape index (κ1) is 17.6. The second kappa shape index (κ2) is 7.37. The van der Waals surface area contributed by atoms with Gasteiger partial charge in [-0.15, -0.1) is 0 Å². The SMILES string of the molecule is CCOC(=O)c1c(NCCC2(C)OCCO2)nc2ccccc2c1C. The zero-order valence-corrected chi connectivity index (χ0v) is 14.9. The number of carbonyl (C=O) groups excluding carboxylic acids is 1. The van der Waals surface area contributed by atoms with Crippen molar-refractivity contribution in [3.63, 3.8) is 0 Å². The molecule has 1 saturated heterocycles. The summed E-state index contributed by atoms with van der Waals surface area (Å²) in [5.41, 5.74) is 2.19. The number of benzene rings is 1. The Bertz CT molecular complexity index is 769. The molecule has 1 fully saturated rings. The van der Waals surface area contributed by atoms with Crippen LogP contribution in [-0.2, 0) is 14.2 Å². The van der Waals surface area contributed by atoms with E-state index in [0.29, 0.717) is 44.2 Å². The first-order valence-corrected chi connectivity index (χ1v) is 8.62. The molecule has 6 nitrogen and oxygen atoms in total. The first-order valence-electron chi connectivity index (χ1n) is 8.62. The average molecular weight is 344 g/mol. The molecule has 0 spiro atoms. The average Bonchev–Trinajstić information content (AvgIpc) is 3.02. The number of hydrogen-bond acceptors (Lipinski definition) is 6. The number of fused-ring (bicyclic) bond motifs is 1. The first-order chi connectivity index (χ1) is 12.0. The third-order valence-electron chi connectivity index (χ3n) is 4.40. The van der Waals surface area contributed by atoms with Crippen molar-refractivity contribution < 1.29 is 19.0 Å². The predicted octanol–water partition coefficient (Wildman–Crippen LogP) is 3.28. The van der Waals surface area contributed by atoms with Gasteiger partial charge in [0.05, 0.1) is 25.3 Å². The Labute approximate surface area is 147 Å². The van der Waals surface area contributed by atoms with Gasteiger partial charge in [0.2, 0.25) is 0 Å². The predicted molar refractivity (Wildman–Crippen MR) is 95.9 cm³/mol. The Morgan fingerprint density at radius 2 is 2.04 bits per heavy atom. The number of esters is 1. The summed E-state index contributed by atoms with van der Waals surface area (Å²) in [5, 5.41) is 4.22. The number of para-hydroxylation sites is 1. The molecule has 3 rings (SSSR count). The van der Waals surface area contributed by atoms with Gasteiger partial charge in [0.25, 0.3) is 0 Å². The van der Waals surface area contributed by atoms with Crippen molar-refractivity contribution in [2.45, 2.75) is 33.0 Å². The Hall–Kier alpha value is -2.18. The van der Waals surface area contributed by atoms with Crippen molar-refractivity contribution in [1.82, 2.24) is 4.98 Å². The van der Waals surface area contributed by atoms with Crippen molar-refractivity contribution >= 4 is 22.7 Å². The molecule has 25 heavy (non-hydrogen) atoms. The van der Waals surface area contributed by atoms with Crippen molar-refractivity contribution in [1.29, 1.82) is 0 Å². The van der Waals surface area contributed by atoms with E-state index in [-0.39, 0.29) is 5.97 Å². The van der Waals surface area contributed by atoms with Gasteiger partial charge >= 0.3 is 5.97 Å². The van der Waals surface area contributed by atoms with E-state index in [1.807, 2.05) is 38.1 Å². The minimum atomic E-state index is -0.580. The van der Waals surface area contributed by atoms with Crippen LogP contribution in [0.4, 0.5) is 5.82 Å². The Kier molecular flexibility index (Phi) is 5.20. The van der Waals surface area contributed by atoms with Gasteiger partial charge in [-0.2, -0.15) is 0 Å². The lowest BCUT2D eigenvalue weighted by atomic mass is 10.0. The lowest BCUT2D eigenvalue weighted by molar-refractivity contribution is -0.144. The second-order valence-corrected chi connectivity index (χ2v) is 6.21. The highest BCUT2D eigenvalue weighted by Gasteiger charge is 2.30. The van der Waals surface area contributed by atoms with Crippen LogP contribution in [0.25, 0.3) is 10.9 Å². The quantitative estimate of drug-likeness (QED) is 0.811. The molecule has 2 aromatic rings. The number of nitrogens with one attached hydrogen (secondary N) is 1. The van der Waals surface area contributed by atoms with Crippen LogP contribution in [-0.4, -0.2) is 43.1 Å². The van der Waals surface area contributed by atoms with Crippen LogP contribution >= 0.6 is 0 Å². The van der Waals surface area contributed by atoms with Crippen LogP contribution in [0.5, 0.6) is 0 Å². The fourth-order valence-corrected chi connectivity index (χ4v) is 3.07. The molecule has 1 aliphatic heterocycles. The standard InChI is InChI=1S/C19H24N2O4/c1-4-23-18(22)16-13(2)14-7-5-6-8-15(14)21-17(16)20-10-9-19(3)24-11-12-25-19/h5-8H,4,9-12H2,1-3H3,(H,20,21). The topological polar surface area (TPSA) is 69.7 Å². The Morgan fingerprint density at radius 3 is 2.76 bits per heavy atom. The summed E-state index contributed by atoms with van der Waals surface area (Å²) in [4.78, 5) is 17.1. The van der Waals surface area contributed by atoms with E-state index in [1.165, 1.54) is 0 Å². The molecule has 1 N–H and O–H groups in total. The van der Waals surface area contributed by atoms with E-state index < -0.39 is 5.79 Å². The van der Waals surface area contributed by atoms with E-state index in [4.69, 9.17) is 14.2 Å². The van der Waals surface area contributed by atoms with Crippen LogP contribution in [0.3, 0.4) is 0 Å². The second-order valence-electron chi connectivity index (χ2n) is 6.21. The highest BCUT2D eigenvalue weighted by atomic mass is 16.7. The maximum absolute atomic E-state index is 12.5. The Balaban J connectivity index is 1.88. The highest BCUT2D eigenvalue weighted by Crippen LogP contribution is 2.28. The molecule has 0 saturated carbocycles. The van der Waals surface area contributed by atoms with Crippen molar-refractivity contribution in [3.8, 4) is 0 Å². The van der Waals surface area contributed by atoms with E-state index in [0.717, 1.165) is 16.5 Å². The molecule has 0 radical (unpaired) electrons. The largest absolute Gasteiger partial charge is 0.462 e. The number of anilines is 1. The maximum Gasteiger partial charge on any atom is 0.342 e. The van der Waals surface area contributed by atoms with E-state index >= 15 is 0 Å². The summed E-state index contributed by atoms with van der Waals surface area (Å²) in [6.07, 6.45) is 0.656. The van der Waals surface area contributed by atoms with Gasteiger partial charge in [0, 0.05) is 18.4 Å². The number of carbonyl (C=O) groups is 1. The molecule has 1 aliphatic rings. The molecule has 6 heteroatoms. The lowest BCUT2D eigenvalue weighted by Crippen LogP contribution is -2.29. The maximum atomic E-state index is 12.5. The summed E-state index contributed by atoms with van der Waals surface area (Å²) in [6.45, 7) is 7.76. The smallest absolute Gasteiger partial charge is 0.342 e. The van der Waals surface area contributed by atoms with Gasteiger partial charge in [-0.25, -0.2) is 9.78 Å². The summed E-state index contributed by atoms with van der Waals surface area (Å²) in [7, 11) is 0. The molecule has 1 aromatic carbocycles. The summed E-state index contributed by atoms with van der Waals surface area (Å²) >= 11 is 0. The molecule has 0 aliphatic carbocycles. The van der Waals surface area contributed by atoms with Gasteiger partial charge in [0.1, 0.15) is 11.4 Å². The van der Waals surface area contributed by atoms with Gasteiger partial charge in [-0.3, -0.25) is 0 Å². The van der Waals surface area contributed by atoms with Crippen molar-refractivity contribution in [3.05, 3.63) is 35.4 Å². The summed E-state index contributed by atoms with van der Waals surface area (Å²) in [6, 6.07) is 7.77. The van der Waals surface area contributed by atoms with E-state index in [2.05, 4.69) is 10.3 Å². The number of aryl methyl sites for hydroxylation is 1. The van der Waals surface area contributed by atoms with Gasteiger partial charge in [0.15, 0.2) is 5.79 Å².